The number of pyridine rings is 1. The highest BCUT2D eigenvalue weighted by Crippen LogP contribution is 2.28. The van der Waals surface area contributed by atoms with Gasteiger partial charge in [-0.2, -0.15) is 0 Å². The first kappa shape index (κ1) is 15.2. The topological polar surface area (TPSA) is 80.3 Å². The number of rotatable bonds is 9. The summed E-state index contributed by atoms with van der Waals surface area (Å²) < 4.78 is 31.9. The van der Waals surface area contributed by atoms with Crippen molar-refractivity contribution >= 4 is 15.8 Å². The molecule has 2 rings (SSSR count). The number of sulfonamides is 1. The average molecular weight is 299 g/mol. The first-order valence-electron chi connectivity index (χ1n) is 6.83. The van der Waals surface area contributed by atoms with E-state index in [0.29, 0.717) is 25.4 Å². The van der Waals surface area contributed by atoms with Crippen LogP contribution < -0.4 is 10.0 Å². The lowest BCUT2D eigenvalue weighted by molar-refractivity contribution is 0.123. The highest BCUT2D eigenvalue weighted by atomic mass is 32.2. The minimum atomic E-state index is -3.47. The first-order valence-corrected chi connectivity index (χ1v) is 8.31. The molecular weight excluding hydrogens is 278 g/mol. The zero-order valence-corrected chi connectivity index (χ0v) is 12.4. The minimum absolute atomic E-state index is 0.176. The SMILES string of the molecule is CNc1ccc(S(=O)(=O)NCCCOCC2CC2)cn1. The zero-order chi connectivity index (χ0) is 14.4. The number of aromatic nitrogens is 1. The molecule has 1 aromatic heterocycles. The van der Waals surface area contributed by atoms with Crippen LogP contribution in [0.25, 0.3) is 0 Å². The summed E-state index contributed by atoms with van der Waals surface area (Å²) in [5, 5.41) is 2.84. The van der Waals surface area contributed by atoms with Crippen molar-refractivity contribution in [2.24, 2.45) is 5.92 Å². The van der Waals surface area contributed by atoms with E-state index in [2.05, 4.69) is 15.0 Å². The highest BCUT2D eigenvalue weighted by molar-refractivity contribution is 7.89. The van der Waals surface area contributed by atoms with Crippen molar-refractivity contribution < 1.29 is 13.2 Å². The van der Waals surface area contributed by atoms with Crippen LogP contribution in [0.3, 0.4) is 0 Å². The fraction of sp³-hybridized carbons (Fsp3) is 0.615. The van der Waals surface area contributed by atoms with Gasteiger partial charge in [0.25, 0.3) is 0 Å². The van der Waals surface area contributed by atoms with E-state index in [9.17, 15) is 8.42 Å². The Bertz CT molecular complexity index is 512. The fourth-order valence-corrected chi connectivity index (χ4v) is 2.70. The second-order valence-corrected chi connectivity index (χ2v) is 6.67. The van der Waals surface area contributed by atoms with Crippen molar-refractivity contribution in [3.05, 3.63) is 18.3 Å². The molecule has 7 heteroatoms. The predicted molar refractivity (Wildman–Crippen MR) is 77.1 cm³/mol. The fourth-order valence-electron chi connectivity index (χ4n) is 1.69. The molecule has 0 bridgehead atoms. The standard InChI is InChI=1S/C13H21N3O3S/c1-14-13-6-5-12(9-15-13)20(17,18)16-7-2-8-19-10-11-3-4-11/h5-6,9,11,16H,2-4,7-8,10H2,1H3,(H,14,15). The van der Waals surface area contributed by atoms with Gasteiger partial charge >= 0.3 is 0 Å². The Morgan fingerprint density at radius 1 is 1.40 bits per heavy atom. The lowest BCUT2D eigenvalue weighted by Crippen LogP contribution is -2.25. The van der Waals surface area contributed by atoms with E-state index in [1.807, 2.05) is 0 Å². The number of hydrogen-bond donors (Lipinski definition) is 2. The Hall–Kier alpha value is -1.18. The predicted octanol–water partition coefficient (Wildman–Crippen LogP) is 1.22. The van der Waals surface area contributed by atoms with E-state index in [1.54, 1.807) is 13.1 Å². The Kier molecular flexibility index (Phi) is 5.33. The quantitative estimate of drug-likeness (QED) is 0.670. The van der Waals surface area contributed by atoms with Crippen LogP contribution in [0, 0.1) is 5.92 Å². The van der Waals surface area contributed by atoms with Crippen LogP contribution in [0.5, 0.6) is 0 Å². The van der Waals surface area contributed by atoms with Gasteiger partial charge in [-0.1, -0.05) is 0 Å². The molecule has 1 aromatic rings. The van der Waals surface area contributed by atoms with Gasteiger partial charge in [0.15, 0.2) is 0 Å². The molecule has 0 amide bonds. The summed E-state index contributed by atoms with van der Waals surface area (Å²) in [5.74, 6) is 1.38. The summed E-state index contributed by atoms with van der Waals surface area (Å²) in [6.45, 7) is 1.78. The van der Waals surface area contributed by atoms with Crippen LogP contribution in [-0.4, -0.2) is 40.2 Å². The number of ether oxygens (including phenoxy) is 1. The minimum Gasteiger partial charge on any atom is -0.381 e. The number of hydrogen-bond acceptors (Lipinski definition) is 5. The lowest BCUT2D eigenvalue weighted by atomic mass is 10.4. The van der Waals surface area contributed by atoms with Crippen molar-refractivity contribution in [3.8, 4) is 0 Å². The Morgan fingerprint density at radius 2 is 2.20 bits per heavy atom. The Balaban J connectivity index is 1.71. The third kappa shape index (κ3) is 4.73. The largest absolute Gasteiger partial charge is 0.381 e. The van der Waals surface area contributed by atoms with E-state index in [1.165, 1.54) is 25.1 Å². The molecule has 6 nitrogen and oxygen atoms in total. The summed E-state index contributed by atoms with van der Waals surface area (Å²) in [5.41, 5.74) is 0. The van der Waals surface area contributed by atoms with E-state index in [4.69, 9.17) is 4.74 Å². The van der Waals surface area contributed by atoms with Gasteiger partial charge in [-0.3, -0.25) is 0 Å². The van der Waals surface area contributed by atoms with Gasteiger partial charge in [0.05, 0.1) is 0 Å². The van der Waals surface area contributed by atoms with Crippen molar-refractivity contribution in [1.29, 1.82) is 0 Å². The third-order valence-corrected chi connectivity index (χ3v) is 4.56. The van der Waals surface area contributed by atoms with E-state index in [-0.39, 0.29) is 4.90 Å². The van der Waals surface area contributed by atoms with Crippen LogP contribution in [0.4, 0.5) is 5.82 Å². The van der Waals surface area contributed by atoms with Crippen molar-refractivity contribution in [3.63, 3.8) is 0 Å². The second kappa shape index (κ2) is 7.01. The lowest BCUT2D eigenvalue weighted by Gasteiger charge is -2.07. The molecule has 112 valence electrons. The van der Waals surface area contributed by atoms with Gasteiger partial charge in [0, 0.05) is 33.0 Å². The van der Waals surface area contributed by atoms with Crippen LogP contribution in [0.1, 0.15) is 19.3 Å². The van der Waals surface area contributed by atoms with Gasteiger partial charge in [0.2, 0.25) is 10.0 Å². The maximum atomic E-state index is 12.0. The monoisotopic (exact) mass is 299 g/mol. The van der Waals surface area contributed by atoms with Gasteiger partial charge < -0.3 is 10.1 Å². The summed E-state index contributed by atoms with van der Waals surface area (Å²) in [7, 11) is -1.74. The molecule has 20 heavy (non-hydrogen) atoms. The van der Waals surface area contributed by atoms with E-state index < -0.39 is 10.0 Å². The highest BCUT2D eigenvalue weighted by Gasteiger charge is 2.21. The normalized spacial score (nSPS) is 15.2. The molecule has 0 saturated heterocycles. The molecule has 1 heterocycles. The maximum Gasteiger partial charge on any atom is 0.242 e. The van der Waals surface area contributed by atoms with Crippen molar-refractivity contribution in [2.75, 3.05) is 32.1 Å². The third-order valence-electron chi connectivity index (χ3n) is 3.11. The smallest absolute Gasteiger partial charge is 0.242 e. The van der Waals surface area contributed by atoms with Gasteiger partial charge in [0.1, 0.15) is 10.7 Å². The van der Waals surface area contributed by atoms with Gasteiger partial charge in [-0.25, -0.2) is 18.1 Å². The van der Waals surface area contributed by atoms with Crippen LogP contribution >= 0.6 is 0 Å². The number of anilines is 1. The van der Waals surface area contributed by atoms with Crippen molar-refractivity contribution in [1.82, 2.24) is 9.71 Å². The summed E-state index contributed by atoms with van der Waals surface area (Å²) in [6, 6.07) is 3.16. The molecule has 1 aliphatic rings. The molecule has 0 atom stereocenters. The van der Waals surface area contributed by atoms with Crippen molar-refractivity contribution in [2.45, 2.75) is 24.2 Å². The van der Waals surface area contributed by atoms with Crippen LogP contribution in [-0.2, 0) is 14.8 Å². The molecule has 2 N–H and O–H groups in total. The first-order chi connectivity index (χ1) is 9.62. The van der Waals surface area contributed by atoms with Gasteiger partial charge in [-0.05, 0) is 37.3 Å². The summed E-state index contributed by atoms with van der Waals surface area (Å²) in [6.07, 6.45) is 4.55. The molecule has 1 fully saturated rings. The molecule has 0 aromatic carbocycles. The van der Waals surface area contributed by atoms with E-state index >= 15 is 0 Å². The number of nitrogens with zero attached hydrogens (tertiary/aromatic N) is 1. The second-order valence-electron chi connectivity index (χ2n) is 4.90. The molecule has 0 aliphatic heterocycles. The molecule has 0 radical (unpaired) electrons. The zero-order valence-electron chi connectivity index (χ0n) is 11.6. The number of nitrogens with one attached hydrogen (secondary N) is 2. The molecule has 0 unspecified atom stereocenters. The molecule has 1 saturated carbocycles. The van der Waals surface area contributed by atoms with E-state index in [0.717, 1.165) is 12.5 Å². The van der Waals surface area contributed by atoms with Crippen LogP contribution in [0.2, 0.25) is 0 Å². The Morgan fingerprint density at radius 3 is 2.80 bits per heavy atom. The summed E-state index contributed by atoms with van der Waals surface area (Å²) in [4.78, 5) is 4.17. The van der Waals surface area contributed by atoms with Crippen LogP contribution in [0.15, 0.2) is 23.2 Å². The molecular formula is C13H21N3O3S. The molecule has 1 aliphatic carbocycles. The summed E-state index contributed by atoms with van der Waals surface area (Å²) >= 11 is 0. The average Bonchev–Trinajstić information content (AvgIpc) is 3.27. The molecule has 0 spiro atoms. The van der Waals surface area contributed by atoms with Gasteiger partial charge in [-0.15, -0.1) is 0 Å². The Labute approximate surface area is 120 Å². The maximum absolute atomic E-state index is 12.0.